The molecule has 40 heavy (non-hydrogen) atoms. The second kappa shape index (κ2) is 13.4. The highest BCUT2D eigenvalue weighted by Gasteiger charge is 2.35. The Kier molecular flexibility index (Phi) is 9.51. The third kappa shape index (κ3) is 6.85. The van der Waals surface area contributed by atoms with Crippen molar-refractivity contribution in [1.29, 1.82) is 0 Å². The van der Waals surface area contributed by atoms with Crippen LogP contribution in [0.3, 0.4) is 0 Å². The molecule has 1 N–H and O–H groups in total. The number of H-pyrrole nitrogens is 1. The van der Waals surface area contributed by atoms with Gasteiger partial charge < -0.3 is 9.64 Å². The fraction of sp³-hybridized carbons (Fsp3) is 0.290. The van der Waals surface area contributed by atoms with Crippen molar-refractivity contribution < 1.29 is 19.1 Å². The second-order valence-corrected chi connectivity index (χ2v) is 9.87. The molecule has 9 heteroatoms. The highest BCUT2D eigenvalue weighted by Crippen LogP contribution is 2.30. The Morgan fingerprint density at radius 3 is 2.20 bits per heavy atom. The predicted octanol–water partition coefficient (Wildman–Crippen LogP) is 5.46. The number of amides is 1. The van der Waals surface area contributed by atoms with Crippen molar-refractivity contribution in [2.45, 2.75) is 52.6 Å². The maximum atomic E-state index is 13.4. The molecule has 1 aromatic heterocycles. The smallest absolute Gasteiger partial charge is 0.345 e. The zero-order chi connectivity index (χ0) is 28.5. The molecule has 0 bridgehead atoms. The standard InChI is InChI=1S/C31H33N5O4/c1-4-5-15-27(37)36(28(21(2)3)31(39)40-30(38)24-11-7-6-8-12-24)20-22-16-18-23(19-17-22)25-13-9-10-14-26(25)29-32-34-35-33-29/h6-14,16-19,21,28H,4-5,15,20H2,1-3H3,(H,32,33,34,35). The first-order valence-corrected chi connectivity index (χ1v) is 13.4. The molecule has 0 saturated heterocycles. The van der Waals surface area contributed by atoms with Gasteiger partial charge in [-0.3, -0.25) is 4.79 Å². The van der Waals surface area contributed by atoms with Crippen LogP contribution in [-0.2, 0) is 20.9 Å². The molecule has 0 aliphatic rings. The van der Waals surface area contributed by atoms with Crippen molar-refractivity contribution in [3.8, 4) is 22.5 Å². The van der Waals surface area contributed by atoms with Crippen LogP contribution in [0.25, 0.3) is 22.5 Å². The summed E-state index contributed by atoms with van der Waals surface area (Å²) in [5, 5.41) is 14.4. The highest BCUT2D eigenvalue weighted by atomic mass is 16.6. The number of rotatable bonds is 11. The van der Waals surface area contributed by atoms with Gasteiger partial charge in [-0.1, -0.05) is 93.9 Å². The number of esters is 2. The average molecular weight is 540 g/mol. The van der Waals surface area contributed by atoms with Crippen LogP contribution in [0.1, 0.15) is 56.0 Å². The minimum absolute atomic E-state index is 0.156. The fourth-order valence-electron chi connectivity index (χ4n) is 4.55. The van der Waals surface area contributed by atoms with Gasteiger partial charge in [0.05, 0.1) is 5.56 Å². The van der Waals surface area contributed by atoms with Crippen LogP contribution in [0.4, 0.5) is 0 Å². The fourth-order valence-corrected chi connectivity index (χ4v) is 4.55. The van der Waals surface area contributed by atoms with Gasteiger partial charge in [-0.2, -0.15) is 5.21 Å². The second-order valence-electron chi connectivity index (χ2n) is 9.87. The van der Waals surface area contributed by atoms with Gasteiger partial charge in [-0.25, -0.2) is 9.59 Å². The van der Waals surface area contributed by atoms with Gasteiger partial charge in [0.25, 0.3) is 0 Å². The van der Waals surface area contributed by atoms with Gasteiger partial charge in [0, 0.05) is 18.5 Å². The number of nitrogens with zero attached hydrogens (tertiary/aromatic N) is 4. The summed E-state index contributed by atoms with van der Waals surface area (Å²) in [7, 11) is 0. The Morgan fingerprint density at radius 2 is 1.57 bits per heavy atom. The molecule has 0 spiro atoms. The molecule has 0 saturated carbocycles. The van der Waals surface area contributed by atoms with E-state index in [4.69, 9.17) is 4.74 Å². The molecule has 1 unspecified atom stereocenters. The van der Waals surface area contributed by atoms with E-state index in [2.05, 4.69) is 20.6 Å². The first-order chi connectivity index (χ1) is 19.4. The van der Waals surface area contributed by atoms with Gasteiger partial charge >= 0.3 is 11.9 Å². The highest BCUT2D eigenvalue weighted by molar-refractivity contribution is 5.99. The average Bonchev–Trinajstić information content (AvgIpc) is 3.51. The van der Waals surface area contributed by atoms with E-state index < -0.39 is 18.0 Å². The van der Waals surface area contributed by atoms with Crippen molar-refractivity contribution in [3.05, 3.63) is 90.0 Å². The van der Waals surface area contributed by atoms with Crippen molar-refractivity contribution >= 4 is 17.8 Å². The summed E-state index contributed by atoms with van der Waals surface area (Å²) in [5.74, 6) is -1.41. The van der Waals surface area contributed by atoms with Crippen LogP contribution in [0.5, 0.6) is 0 Å². The SMILES string of the molecule is CCCCC(=O)N(Cc1ccc(-c2ccccc2-c2nn[nH]n2)cc1)C(C(=O)OC(=O)c1ccccc1)C(C)C. The number of tetrazole rings is 1. The summed E-state index contributed by atoms with van der Waals surface area (Å²) in [6, 6.07) is 23.0. The molecule has 0 fully saturated rings. The Morgan fingerprint density at radius 1 is 0.900 bits per heavy atom. The zero-order valence-corrected chi connectivity index (χ0v) is 22.9. The number of aromatic nitrogens is 4. The van der Waals surface area contributed by atoms with Crippen LogP contribution in [0.2, 0.25) is 0 Å². The number of hydrogen-bond donors (Lipinski definition) is 1. The lowest BCUT2D eigenvalue weighted by Gasteiger charge is -2.33. The largest absolute Gasteiger partial charge is 0.388 e. The van der Waals surface area contributed by atoms with Gasteiger partial charge in [0.15, 0.2) is 0 Å². The molecular formula is C31H33N5O4. The molecule has 0 radical (unpaired) electrons. The summed E-state index contributed by atoms with van der Waals surface area (Å²) >= 11 is 0. The van der Waals surface area contributed by atoms with Crippen LogP contribution in [0, 0.1) is 5.92 Å². The zero-order valence-electron chi connectivity index (χ0n) is 22.9. The lowest BCUT2D eigenvalue weighted by atomic mass is 9.97. The van der Waals surface area contributed by atoms with E-state index in [0.29, 0.717) is 18.7 Å². The summed E-state index contributed by atoms with van der Waals surface area (Å²) in [5.41, 5.74) is 3.85. The summed E-state index contributed by atoms with van der Waals surface area (Å²) in [6.45, 7) is 5.90. The molecule has 206 valence electrons. The Hall–Kier alpha value is -4.66. The lowest BCUT2D eigenvalue weighted by molar-refractivity contribution is -0.153. The van der Waals surface area contributed by atoms with E-state index in [1.54, 1.807) is 35.2 Å². The van der Waals surface area contributed by atoms with Crippen LogP contribution in [0.15, 0.2) is 78.9 Å². The van der Waals surface area contributed by atoms with Crippen LogP contribution < -0.4 is 0 Å². The Labute approximate surface area is 233 Å². The quantitative estimate of drug-likeness (QED) is 0.199. The first-order valence-electron chi connectivity index (χ1n) is 13.4. The van der Waals surface area contributed by atoms with Gasteiger partial charge in [-0.05, 0) is 46.4 Å². The predicted molar refractivity (Wildman–Crippen MR) is 151 cm³/mol. The number of unbranched alkanes of at least 4 members (excludes halogenated alkanes) is 1. The van der Waals surface area contributed by atoms with E-state index in [0.717, 1.165) is 28.7 Å². The Bertz CT molecular complexity index is 1420. The topological polar surface area (TPSA) is 118 Å². The van der Waals surface area contributed by atoms with Crippen molar-refractivity contribution in [2.24, 2.45) is 5.92 Å². The van der Waals surface area contributed by atoms with E-state index in [1.807, 2.05) is 69.3 Å². The third-order valence-electron chi connectivity index (χ3n) is 6.61. The summed E-state index contributed by atoms with van der Waals surface area (Å²) < 4.78 is 5.27. The van der Waals surface area contributed by atoms with Crippen LogP contribution in [-0.4, -0.2) is 49.4 Å². The number of ether oxygens (including phenoxy) is 1. The number of benzene rings is 3. The Balaban J connectivity index is 1.58. The molecule has 9 nitrogen and oxygen atoms in total. The van der Waals surface area contributed by atoms with Gasteiger partial charge in [-0.15, -0.1) is 10.2 Å². The number of hydrogen-bond acceptors (Lipinski definition) is 7. The lowest BCUT2D eigenvalue weighted by Crippen LogP contribution is -2.48. The van der Waals surface area contributed by atoms with E-state index in [1.165, 1.54) is 0 Å². The molecule has 0 aliphatic heterocycles. The van der Waals surface area contributed by atoms with Gasteiger partial charge in [0.2, 0.25) is 11.7 Å². The first kappa shape index (κ1) is 28.4. The molecule has 0 aliphatic carbocycles. The maximum Gasteiger partial charge on any atom is 0.345 e. The van der Waals surface area contributed by atoms with E-state index >= 15 is 0 Å². The molecule has 4 aromatic rings. The molecule has 1 atom stereocenters. The van der Waals surface area contributed by atoms with Crippen LogP contribution >= 0.6 is 0 Å². The van der Waals surface area contributed by atoms with Crippen molar-refractivity contribution in [1.82, 2.24) is 25.5 Å². The summed E-state index contributed by atoms with van der Waals surface area (Å²) in [4.78, 5) is 40.9. The minimum Gasteiger partial charge on any atom is -0.388 e. The molecule has 3 aromatic carbocycles. The van der Waals surface area contributed by atoms with Crippen molar-refractivity contribution in [2.75, 3.05) is 0 Å². The van der Waals surface area contributed by atoms with E-state index in [-0.39, 0.29) is 23.9 Å². The number of aromatic amines is 1. The molecule has 4 rings (SSSR count). The number of nitrogens with one attached hydrogen (secondary N) is 1. The molecule has 1 heterocycles. The summed E-state index contributed by atoms with van der Waals surface area (Å²) in [6.07, 6.45) is 1.84. The monoisotopic (exact) mass is 539 g/mol. The van der Waals surface area contributed by atoms with E-state index in [9.17, 15) is 14.4 Å². The number of carbonyl (C=O) groups excluding carboxylic acids is 3. The third-order valence-corrected chi connectivity index (χ3v) is 6.61. The number of carbonyl (C=O) groups is 3. The maximum absolute atomic E-state index is 13.4. The van der Waals surface area contributed by atoms with Crippen molar-refractivity contribution in [3.63, 3.8) is 0 Å². The minimum atomic E-state index is -0.921. The molecule has 1 amide bonds. The normalized spacial score (nSPS) is 11.7. The molecular weight excluding hydrogens is 506 g/mol. The van der Waals surface area contributed by atoms with Gasteiger partial charge in [0.1, 0.15) is 6.04 Å².